The summed E-state index contributed by atoms with van der Waals surface area (Å²) in [6.07, 6.45) is 1.84. The second kappa shape index (κ2) is 4.81. The van der Waals surface area contributed by atoms with Gasteiger partial charge in [-0.2, -0.15) is 0 Å². The van der Waals surface area contributed by atoms with E-state index in [0.717, 1.165) is 10.9 Å². The summed E-state index contributed by atoms with van der Waals surface area (Å²) in [5, 5.41) is 1.06. The Labute approximate surface area is 115 Å². The Balaban J connectivity index is 1.92. The molecule has 0 spiro atoms. The summed E-state index contributed by atoms with van der Waals surface area (Å²) in [7, 11) is 1.68. The fourth-order valence-electron chi connectivity index (χ4n) is 2.16. The third kappa shape index (κ3) is 2.16. The number of H-pyrrole nitrogens is 1. The minimum atomic E-state index is -0.317. The van der Waals surface area contributed by atoms with Gasteiger partial charge in [-0.1, -0.05) is 6.07 Å². The van der Waals surface area contributed by atoms with Crippen molar-refractivity contribution in [2.24, 2.45) is 0 Å². The van der Waals surface area contributed by atoms with Gasteiger partial charge in [-0.25, -0.2) is 4.39 Å². The van der Waals surface area contributed by atoms with Crippen LogP contribution in [0.3, 0.4) is 0 Å². The molecule has 2 aromatic carbocycles. The van der Waals surface area contributed by atoms with Crippen molar-refractivity contribution in [1.29, 1.82) is 0 Å². The molecule has 1 aromatic heterocycles. The van der Waals surface area contributed by atoms with E-state index in [1.807, 2.05) is 24.4 Å². The predicted octanol–water partition coefficient (Wildman–Crippen LogP) is 3.58. The van der Waals surface area contributed by atoms with Crippen LogP contribution < -0.4 is 4.90 Å². The first kappa shape index (κ1) is 12.4. The van der Waals surface area contributed by atoms with Crippen molar-refractivity contribution in [3.63, 3.8) is 0 Å². The number of amides is 1. The summed E-state index contributed by atoms with van der Waals surface area (Å²) < 4.78 is 12.9. The number of aromatic nitrogens is 1. The Morgan fingerprint density at radius 2 is 1.85 bits per heavy atom. The third-order valence-corrected chi connectivity index (χ3v) is 3.32. The van der Waals surface area contributed by atoms with E-state index in [2.05, 4.69) is 4.98 Å². The normalized spacial score (nSPS) is 10.7. The van der Waals surface area contributed by atoms with Gasteiger partial charge in [0.15, 0.2) is 0 Å². The lowest BCUT2D eigenvalue weighted by molar-refractivity contribution is 0.0993. The maximum Gasteiger partial charge on any atom is 0.258 e. The van der Waals surface area contributed by atoms with Gasteiger partial charge in [-0.3, -0.25) is 4.79 Å². The Kier molecular flexibility index (Phi) is 2.99. The molecule has 0 aliphatic heterocycles. The number of rotatable bonds is 2. The maximum absolute atomic E-state index is 12.9. The highest BCUT2D eigenvalue weighted by atomic mass is 19.1. The number of nitrogens with one attached hydrogen (secondary N) is 1. The molecular weight excluding hydrogens is 255 g/mol. The molecule has 4 heteroatoms. The topological polar surface area (TPSA) is 36.1 Å². The fraction of sp³-hybridized carbons (Fsp3) is 0.0625. The number of anilines is 1. The molecule has 0 saturated carbocycles. The molecule has 0 aliphatic rings. The lowest BCUT2D eigenvalue weighted by Gasteiger charge is -2.17. The smallest absolute Gasteiger partial charge is 0.258 e. The highest BCUT2D eigenvalue weighted by Gasteiger charge is 2.14. The van der Waals surface area contributed by atoms with Gasteiger partial charge in [0.1, 0.15) is 5.82 Å². The number of halogens is 1. The molecule has 0 aliphatic carbocycles. The standard InChI is InChI=1S/C16H13FN2O/c1-19(14-6-4-13(17)5-7-14)16(20)12-3-2-11-8-9-18-15(11)10-12/h2-10,18H,1H3. The first-order chi connectivity index (χ1) is 9.65. The average Bonchev–Trinajstić information content (AvgIpc) is 2.94. The molecule has 3 aromatic rings. The molecule has 1 amide bonds. The van der Waals surface area contributed by atoms with Gasteiger partial charge in [-0.15, -0.1) is 0 Å². The summed E-state index contributed by atoms with van der Waals surface area (Å²) in [5.41, 5.74) is 2.16. The van der Waals surface area contributed by atoms with Gasteiger partial charge in [0.25, 0.3) is 5.91 Å². The molecule has 0 fully saturated rings. The van der Waals surface area contributed by atoms with Gasteiger partial charge in [0, 0.05) is 30.0 Å². The van der Waals surface area contributed by atoms with Crippen LogP contribution >= 0.6 is 0 Å². The van der Waals surface area contributed by atoms with Crippen LogP contribution in [0.15, 0.2) is 54.7 Å². The highest BCUT2D eigenvalue weighted by molar-refractivity contribution is 6.07. The van der Waals surface area contributed by atoms with Gasteiger partial charge < -0.3 is 9.88 Å². The Hall–Kier alpha value is -2.62. The van der Waals surface area contributed by atoms with Crippen molar-refractivity contribution in [2.75, 3.05) is 11.9 Å². The first-order valence-electron chi connectivity index (χ1n) is 6.26. The number of carbonyl (C=O) groups excluding carboxylic acids is 1. The van der Waals surface area contributed by atoms with E-state index in [1.165, 1.54) is 17.0 Å². The van der Waals surface area contributed by atoms with E-state index in [4.69, 9.17) is 0 Å². The van der Waals surface area contributed by atoms with E-state index in [9.17, 15) is 9.18 Å². The molecule has 1 heterocycles. The van der Waals surface area contributed by atoms with Crippen LogP contribution in [0.4, 0.5) is 10.1 Å². The summed E-state index contributed by atoms with van der Waals surface area (Å²) >= 11 is 0. The number of aromatic amines is 1. The van der Waals surface area contributed by atoms with Crippen LogP contribution in [0.25, 0.3) is 10.9 Å². The third-order valence-electron chi connectivity index (χ3n) is 3.32. The van der Waals surface area contributed by atoms with Crippen LogP contribution in [0.5, 0.6) is 0 Å². The number of benzene rings is 2. The van der Waals surface area contributed by atoms with Crippen molar-refractivity contribution in [2.45, 2.75) is 0 Å². The molecule has 0 bridgehead atoms. The van der Waals surface area contributed by atoms with E-state index in [0.29, 0.717) is 11.3 Å². The molecule has 20 heavy (non-hydrogen) atoms. The van der Waals surface area contributed by atoms with Gasteiger partial charge in [0.2, 0.25) is 0 Å². The molecule has 0 radical (unpaired) electrons. The number of fused-ring (bicyclic) bond motifs is 1. The maximum atomic E-state index is 12.9. The lowest BCUT2D eigenvalue weighted by Crippen LogP contribution is -2.26. The van der Waals surface area contributed by atoms with E-state index >= 15 is 0 Å². The van der Waals surface area contributed by atoms with Gasteiger partial charge in [-0.05, 0) is 47.9 Å². The minimum Gasteiger partial charge on any atom is -0.361 e. The average molecular weight is 268 g/mol. The fourth-order valence-corrected chi connectivity index (χ4v) is 2.16. The Morgan fingerprint density at radius 1 is 1.10 bits per heavy atom. The zero-order valence-corrected chi connectivity index (χ0v) is 10.9. The number of nitrogens with zero attached hydrogens (tertiary/aromatic N) is 1. The molecule has 0 saturated heterocycles. The van der Waals surface area contributed by atoms with Crippen molar-refractivity contribution < 1.29 is 9.18 Å². The molecular formula is C16H13FN2O. The lowest BCUT2D eigenvalue weighted by atomic mass is 10.1. The number of carbonyl (C=O) groups is 1. The monoisotopic (exact) mass is 268 g/mol. The van der Waals surface area contributed by atoms with Crippen molar-refractivity contribution in [3.05, 3.63) is 66.1 Å². The highest BCUT2D eigenvalue weighted by Crippen LogP contribution is 2.19. The Morgan fingerprint density at radius 3 is 2.60 bits per heavy atom. The largest absolute Gasteiger partial charge is 0.361 e. The molecule has 3 nitrogen and oxygen atoms in total. The minimum absolute atomic E-state index is 0.131. The van der Waals surface area contributed by atoms with Gasteiger partial charge in [0.05, 0.1) is 0 Å². The Bertz CT molecular complexity index is 762. The molecule has 100 valence electrons. The van der Waals surface area contributed by atoms with E-state index in [-0.39, 0.29) is 11.7 Å². The molecule has 0 unspecified atom stereocenters. The van der Waals surface area contributed by atoms with Crippen LogP contribution in [0.1, 0.15) is 10.4 Å². The quantitative estimate of drug-likeness (QED) is 0.757. The second-order valence-electron chi connectivity index (χ2n) is 4.62. The first-order valence-corrected chi connectivity index (χ1v) is 6.26. The second-order valence-corrected chi connectivity index (χ2v) is 4.62. The predicted molar refractivity (Wildman–Crippen MR) is 77.4 cm³/mol. The summed E-state index contributed by atoms with van der Waals surface area (Å²) in [6.45, 7) is 0. The van der Waals surface area contributed by atoms with Gasteiger partial charge >= 0.3 is 0 Å². The summed E-state index contributed by atoms with van der Waals surface area (Å²) in [5.74, 6) is -0.449. The van der Waals surface area contributed by atoms with Crippen molar-refractivity contribution in [3.8, 4) is 0 Å². The SMILES string of the molecule is CN(C(=O)c1ccc2cc[nH]c2c1)c1ccc(F)cc1. The van der Waals surface area contributed by atoms with Crippen LogP contribution in [0.2, 0.25) is 0 Å². The molecule has 3 rings (SSSR count). The van der Waals surface area contributed by atoms with E-state index < -0.39 is 0 Å². The van der Waals surface area contributed by atoms with Crippen molar-refractivity contribution >= 4 is 22.5 Å². The number of hydrogen-bond acceptors (Lipinski definition) is 1. The summed E-state index contributed by atoms with van der Waals surface area (Å²) in [6, 6.07) is 13.3. The zero-order chi connectivity index (χ0) is 14.1. The number of hydrogen-bond donors (Lipinski definition) is 1. The van der Waals surface area contributed by atoms with Crippen molar-refractivity contribution in [1.82, 2.24) is 4.98 Å². The van der Waals surface area contributed by atoms with Crippen LogP contribution in [-0.4, -0.2) is 17.9 Å². The van der Waals surface area contributed by atoms with Crippen LogP contribution in [-0.2, 0) is 0 Å². The van der Waals surface area contributed by atoms with Crippen LogP contribution in [0, 0.1) is 5.82 Å². The summed E-state index contributed by atoms with van der Waals surface area (Å²) in [4.78, 5) is 17.0. The zero-order valence-electron chi connectivity index (χ0n) is 10.9. The van der Waals surface area contributed by atoms with E-state index in [1.54, 1.807) is 25.2 Å². The molecule has 1 N–H and O–H groups in total. The molecule has 0 atom stereocenters.